The standard InChI is InChI=1S/C21H21FN2O4S2/c1-28-20(27)21(9-11-29-2)16-15(17(23-21)14-4-3-10-30-14)18(25)24(19(16)26)13-7-5-12(22)6-8-13/h3-8,10,15-17,23H,9,11H2,1-2H3/t15-,16-,17-,21+/m0/s1. The summed E-state index contributed by atoms with van der Waals surface area (Å²) in [5.41, 5.74) is -1.01. The number of benzene rings is 1. The van der Waals surface area contributed by atoms with Gasteiger partial charge in [0.05, 0.1) is 30.7 Å². The van der Waals surface area contributed by atoms with Gasteiger partial charge in [0.25, 0.3) is 0 Å². The molecule has 1 aromatic carbocycles. The van der Waals surface area contributed by atoms with Crippen LogP contribution < -0.4 is 10.2 Å². The number of anilines is 1. The molecular weight excluding hydrogens is 427 g/mol. The average Bonchev–Trinajstić information content (AvgIpc) is 3.44. The quantitative estimate of drug-likeness (QED) is 0.541. The molecule has 4 rings (SSSR count). The van der Waals surface area contributed by atoms with E-state index in [-0.39, 0.29) is 0 Å². The van der Waals surface area contributed by atoms with Crippen LogP contribution in [0.4, 0.5) is 10.1 Å². The monoisotopic (exact) mass is 448 g/mol. The number of fused-ring (bicyclic) bond motifs is 1. The van der Waals surface area contributed by atoms with Crippen molar-refractivity contribution in [1.29, 1.82) is 0 Å². The van der Waals surface area contributed by atoms with Crippen LogP contribution in [0.1, 0.15) is 17.3 Å². The molecule has 0 bridgehead atoms. The first-order valence-electron chi connectivity index (χ1n) is 9.46. The summed E-state index contributed by atoms with van der Waals surface area (Å²) in [6.07, 6.45) is 2.26. The zero-order valence-corrected chi connectivity index (χ0v) is 18.1. The molecular formula is C21H21FN2O4S2. The Morgan fingerprint density at radius 3 is 2.60 bits per heavy atom. The molecule has 2 amide bonds. The van der Waals surface area contributed by atoms with Crippen molar-refractivity contribution in [3.8, 4) is 0 Å². The van der Waals surface area contributed by atoms with Gasteiger partial charge in [0.1, 0.15) is 11.4 Å². The number of hydrogen-bond acceptors (Lipinski definition) is 7. The van der Waals surface area contributed by atoms with Gasteiger partial charge in [-0.25, -0.2) is 9.29 Å². The fourth-order valence-electron chi connectivity index (χ4n) is 4.52. The summed E-state index contributed by atoms with van der Waals surface area (Å²) in [4.78, 5) is 42.0. The van der Waals surface area contributed by atoms with E-state index in [1.54, 1.807) is 11.8 Å². The minimum absolute atomic E-state index is 0.300. The van der Waals surface area contributed by atoms with Crippen LogP contribution in [-0.4, -0.2) is 42.4 Å². The van der Waals surface area contributed by atoms with E-state index in [0.717, 1.165) is 9.78 Å². The van der Waals surface area contributed by atoms with Crippen molar-refractivity contribution in [2.24, 2.45) is 11.8 Å². The summed E-state index contributed by atoms with van der Waals surface area (Å²) in [7, 11) is 1.29. The third kappa shape index (κ3) is 3.16. The molecule has 2 aromatic rings. The van der Waals surface area contributed by atoms with Crippen LogP contribution >= 0.6 is 23.1 Å². The number of hydrogen-bond donors (Lipinski definition) is 1. The van der Waals surface area contributed by atoms with E-state index in [4.69, 9.17) is 4.74 Å². The molecule has 2 saturated heterocycles. The zero-order chi connectivity index (χ0) is 21.5. The maximum atomic E-state index is 13.6. The van der Waals surface area contributed by atoms with Crippen molar-refractivity contribution in [2.45, 2.75) is 18.0 Å². The second-order valence-corrected chi connectivity index (χ2v) is 9.30. The number of imide groups is 1. The molecule has 158 valence electrons. The van der Waals surface area contributed by atoms with Crippen LogP contribution in [0.5, 0.6) is 0 Å². The van der Waals surface area contributed by atoms with Gasteiger partial charge < -0.3 is 4.74 Å². The molecule has 6 nitrogen and oxygen atoms in total. The number of carbonyl (C=O) groups is 3. The van der Waals surface area contributed by atoms with Gasteiger partial charge in [0.2, 0.25) is 11.8 Å². The van der Waals surface area contributed by atoms with Gasteiger partial charge in [-0.05, 0) is 54.1 Å². The molecule has 2 aliphatic rings. The normalized spacial score (nSPS) is 28.1. The Hall–Kier alpha value is -2.23. The molecule has 30 heavy (non-hydrogen) atoms. The molecule has 0 radical (unpaired) electrons. The minimum atomic E-state index is -1.31. The van der Waals surface area contributed by atoms with Gasteiger partial charge in [0.15, 0.2) is 0 Å². The van der Waals surface area contributed by atoms with Crippen molar-refractivity contribution >= 4 is 46.6 Å². The van der Waals surface area contributed by atoms with Crippen molar-refractivity contribution in [3.05, 3.63) is 52.5 Å². The Morgan fingerprint density at radius 1 is 1.27 bits per heavy atom. The molecule has 4 atom stereocenters. The predicted molar refractivity (Wildman–Crippen MR) is 114 cm³/mol. The molecule has 0 spiro atoms. The summed E-state index contributed by atoms with van der Waals surface area (Å²) in [6, 6.07) is 8.50. The van der Waals surface area contributed by atoms with Crippen molar-refractivity contribution in [3.63, 3.8) is 0 Å². The molecule has 1 aromatic heterocycles. The Balaban J connectivity index is 1.83. The van der Waals surface area contributed by atoms with E-state index in [1.807, 2.05) is 23.8 Å². The topological polar surface area (TPSA) is 75.7 Å². The summed E-state index contributed by atoms with van der Waals surface area (Å²) >= 11 is 3.02. The maximum absolute atomic E-state index is 13.6. The second kappa shape index (κ2) is 8.13. The van der Waals surface area contributed by atoms with Gasteiger partial charge >= 0.3 is 5.97 Å². The second-order valence-electron chi connectivity index (χ2n) is 7.33. The molecule has 0 aliphatic carbocycles. The number of carbonyl (C=O) groups excluding carboxylic acids is 3. The zero-order valence-electron chi connectivity index (χ0n) is 16.5. The van der Waals surface area contributed by atoms with Gasteiger partial charge in [-0.2, -0.15) is 11.8 Å². The van der Waals surface area contributed by atoms with Crippen molar-refractivity contribution in [2.75, 3.05) is 24.0 Å². The predicted octanol–water partition coefficient (Wildman–Crippen LogP) is 3.00. The fraction of sp³-hybridized carbons (Fsp3) is 0.381. The third-order valence-electron chi connectivity index (χ3n) is 5.84. The first kappa shape index (κ1) is 21.0. The fourth-order valence-corrected chi connectivity index (χ4v) is 5.87. The van der Waals surface area contributed by atoms with E-state index in [9.17, 15) is 18.8 Å². The molecule has 0 unspecified atom stereocenters. The van der Waals surface area contributed by atoms with Gasteiger partial charge in [-0.15, -0.1) is 11.3 Å². The van der Waals surface area contributed by atoms with Crippen LogP contribution in [0.15, 0.2) is 41.8 Å². The summed E-state index contributed by atoms with van der Waals surface area (Å²) in [5.74, 6) is -2.90. The van der Waals surface area contributed by atoms with E-state index in [1.165, 1.54) is 42.7 Å². The number of thiophene rings is 1. The van der Waals surface area contributed by atoms with E-state index >= 15 is 0 Å². The molecule has 1 N–H and O–H groups in total. The first-order chi connectivity index (χ1) is 14.4. The van der Waals surface area contributed by atoms with Crippen LogP contribution in [0.2, 0.25) is 0 Å². The van der Waals surface area contributed by atoms with Gasteiger partial charge in [0, 0.05) is 4.88 Å². The maximum Gasteiger partial charge on any atom is 0.326 e. The minimum Gasteiger partial charge on any atom is -0.468 e. The molecule has 2 aliphatic heterocycles. The van der Waals surface area contributed by atoms with Crippen LogP contribution in [0, 0.1) is 17.7 Å². The number of halogens is 1. The van der Waals surface area contributed by atoms with Gasteiger partial charge in [-0.3, -0.25) is 19.7 Å². The molecule has 2 fully saturated rings. The van der Waals surface area contributed by atoms with E-state index < -0.39 is 47.0 Å². The SMILES string of the molecule is COC(=O)[C@]1(CCSC)N[C@@H](c2cccs2)[C@H]2C(=O)N(c3ccc(F)cc3)C(=O)[C@H]21. The van der Waals surface area contributed by atoms with Crippen molar-refractivity contribution in [1.82, 2.24) is 5.32 Å². The van der Waals surface area contributed by atoms with Crippen LogP contribution in [0.3, 0.4) is 0 Å². The highest BCUT2D eigenvalue weighted by Crippen LogP contribution is 2.52. The number of esters is 1. The molecule has 9 heteroatoms. The summed E-state index contributed by atoms with van der Waals surface area (Å²) in [5, 5.41) is 5.22. The lowest BCUT2D eigenvalue weighted by atomic mass is 9.78. The number of thioether (sulfide) groups is 1. The highest BCUT2D eigenvalue weighted by atomic mass is 32.2. The highest BCUT2D eigenvalue weighted by Gasteiger charge is 2.68. The number of methoxy groups -OCH3 is 1. The first-order valence-corrected chi connectivity index (χ1v) is 11.7. The molecule has 0 saturated carbocycles. The highest BCUT2D eigenvalue weighted by molar-refractivity contribution is 7.98. The van der Waals surface area contributed by atoms with Crippen LogP contribution in [0.25, 0.3) is 0 Å². The van der Waals surface area contributed by atoms with Crippen LogP contribution in [-0.2, 0) is 19.1 Å². The lowest BCUT2D eigenvalue weighted by molar-refractivity contribution is -0.152. The Labute approximate surface area is 181 Å². The smallest absolute Gasteiger partial charge is 0.326 e. The third-order valence-corrected chi connectivity index (χ3v) is 7.41. The lowest BCUT2D eigenvalue weighted by Gasteiger charge is -2.32. The van der Waals surface area contributed by atoms with Gasteiger partial charge in [-0.1, -0.05) is 6.07 Å². The summed E-state index contributed by atoms with van der Waals surface area (Å²) in [6.45, 7) is 0. The number of rotatable bonds is 6. The number of ether oxygens (including phenoxy) is 1. The molecule has 3 heterocycles. The number of nitrogens with one attached hydrogen (secondary N) is 1. The van der Waals surface area contributed by atoms with Crippen molar-refractivity contribution < 1.29 is 23.5 Å². The Kier molecular flexibility index (Phi) is 5.69. The van der Waals surface area contributed by atoms with E-state index in [2.05, 4.69) is 5.32 Å². The Bertz CT molecular complexity index is 966. The number of nitrogens with zero attached hydrogens (tertiary/aromatic N) is 1. The Morgan fingerprint density at radius 2 is 2.00 bits per heavy atom. The summed E-state index contributed by atoms with van der Waals surface area (Å²) < 4.78 is 18.5. The lowest BCUT2D eigenvalue weighted by Crippen LogP contribution is -2.56. The largest absolute Gasteiger partial charge is 0.468 e. The number of amides is 2. The van der Waals surface area contributed by atoms with E-state index in [0.29, 0.717) is 17.9 Å². The average molecular weight is 449 g/mol.